The van der Waals surface area contributed by atoms with E-state index in [4.69, 9.17) is 14.6 Å². The minimum Gasteiger partial charge on any atom is -0.497 e. The van der Waals surface area contributed by atoms with Gasteiger partial charge in [0.1, 0.15) is 5.75 Å². The zero-order chi connectivity index (χ0) is 29.0. The largest absolute Gasteiger partial charge is 0.497 e. The molecule has 39 heavy (non-hydrogen) atoms. The Labute approximate surface area is 227 Å². The Kier molecular flexibility index (Phi) is 9.40. The second kappa shape index (κ2) is 12.0. The summed E-state index contributed by atoms with van der Waals surface area (Å²) in [5.41, 5.74) is 0.456. The van der Waals surface area contributed by atoms with Gasteiger partial charge in [-0.3, -0.25) is 4.79 Å². The molecule has 1 atom stereocenters. The molecule has 1 aromatic carbocycles. The minimum atomic E-state index is -5.08. The topological polar surface area (TPSA) is 102 Å². The molecule has 0 bridgehead atoms. The number of methoxy groups -OCH3 is 1. The summed E-state index contributed by atoms with van der Waals surface area (Å²) >= 11 is 0. The number of hydrogen-bond donors (Lipinski definition) is 2. The number of piperidine rings is 1. The van der Waals surface area contributed by atoms with Crippen LogP contribution in [0.25, 0.3) is 0 Å². The van der Waals surface area contributed by atoms with E-state index in [-0.39, 0.29) is 16.9 Å². The number of carbonyl (C=O) groups is 3. The number of nitrogens with zero attached hydrogens (tertiary/aromatic N) is 3. The smallest absolute Gasteiger partial charge is 0.490 e. The number of benzene rings is 1. The first-order chi connectivity index (χ1) is 18.3. The highest BCUT2D eigenvalue weighted by atomic mass is 19.4. The van der Waals surface area contributed by atoms with Crippen LogP contribution in [0.1, 0.15) is 40.0 Å². The third-order valence-corrected chi connectivity index (χ3v) is 8.14. The maximum Gasteiger partial charge on any atom is 0.490 e. The van der Waals surface area contributed by atoms with Gasteiger partial charge in [0.05, 0.1) is 12.5 Å². The van der Waals surface area contributed by atoms with Crippen molar-refractivity contribution in [3.05, 3.63) is 24.3 Å². The first kappa shape index (κ1) is 30.5. The van der Waals surface area contributed by atoms with E-state index in [9.17, 15) is 22.8 Å². The van der Waals surface area contributed by atoms with Crippen LogP contribution in [0, 0.1) is 16.7 Å². The van der Waals surface area contributed by atoms with Crippen LogP contribution in [0.5, 0.6) is 5.75 Å². The van der Waals surface area contributed by atoms with E-state index in [1.165, 1.54) is 0 Å². The summed E-state index contributed by atoms with van der Waals surface area (Å²) in [5.74, 6) is -1.06. The lowest BCUT2D eigenvalue weighted by atomic mass is 9.60. The Morgan fingerprint density at radius 3 is 2.13 bits per heavy atom. The number of fused-ring (bicyclic) bond motifs is 1. The van der Waals surface area contributed by atoms with Gasteiger partial charge in [-0.05, 0) is 56.4 Å². The van der Waals surface area contributed by atoms with Crippen molar-refractivity contribution in [3.63, 3.8) is 0 Å². The molecule has 9 nitrogen and oxygen atoms in total. The average molecular weight is 557 g/mol. The lowest BCUT2D eigenvalue weighted by molar-refractivity contribution is -0.192. The van der Waals surface area contributed by atoms with Crippen molar-refractivity contribution in [2.45, 2.75) is 46.2 Å². The number of likely N-dealkylation sites (tertiary alicyclic amines) is 3. The van der Waals surface area contributed by atoms with Gasteiger partial charge in [-0.1, -0.05) is 13.8 Å². The number of anilines is 1. The van der Waals surface area contributed by atoms with Crippen LogP contribution in [0.4, 0.5) is 23.7 Å². The third kappa shape index (κ3) is 6.59. The van der Waals surface area contributed by atoms with Crippen LogP contribution in [-0.2, 0) is 9.59 Å². The summed E-state index contributed by atoms with van der Waals surface area (Å²) in [4.78, 5) is 41.9. The number of ether oxygens (including phenoxy) is 1. The standard InChI is InChI=1S/C25H38N4O3.C2HF3O2/c1-5-28-15-12-25(22(28)30)18-27(16-19(2)3)17-24(25)10-13-29(14-11-24)23(31)26-20-6-8-21(32-4)9-7-20;3-2(4,5)1(6)7/h6-9,19H,5,10-18H2,1-4H3,(H,26,31);(H,6,7). The molecule has 0 aliphatic carbocycles. The van der Waals surface area contributed by atoms with Crippen molar-refractivity contribution in [2.24, 2.45) is 16.7 Å². The fourth-order valence-corrected chi connectivity index (χ4v) is 6.26. The fraction of sp³-hybridized carbons (Fsp3) is 0.667. The van der Waals surface area contributed by atoms with Gasteiger partial charge in [0, 0.05) is 56.9 Å². The van der Waals surface area contributed by atoms with Crippen LogP contribution in [0.15, 0.2) is 24.3 Å². The molecule has 2 N–H and O–H groups in total. The maximum absolute atomic E-state index is 13.6. The maximum atomic E-state index is 13.6. The molecule has 2 spiro atoms. The van der Waals surface area contributed by atoms with E-state index in [0.717, 1.165) is 63.4 Å². The molecule has 3 fully saturated rings. The molecular weight excluding hydrogens is 517 g/mol. The van der Waals surface area contributed by atoms with Crippen molar-refractivity contribution in [1.82, 2.24) is 14.7 Å². The molecule has 0 aromatic heterocycles. The molecule has 3 aliphatic heterocycles. The van der Waals surface area contributed by atoms with Gasteiger partial charge in [0.15, 0.2) is 0 Å². The van der Waals surface area contributed by atoms with E-state index >= 15 is 0 Å². The lowest BCUT2D eigenvalue weighted by Crippen LogP contribution is -2.54. The van der Waals surface area contributed by atoms with Gasteiger partial charge in [-0.2, -0.15) is 13.2 Å². The molecule has 3 amide bonds. The summed E-state index contributed by atoms with van der Waals surface area (Å²) < 4.78 is 36.9. The van der Waals surface area contributed by atoms with E-state index in [0.29, 0.717) is 24.9 Å². The molecular formula is C27H39F3N4O5. The van der Waals surface area contributed by atoms with E-state index in [1.807, 2.05) is 34.1 Å². The predicted molar refractivity (Wildman–Crippen MR) is 140 cm³/mol. The molecule has 1 unspecified atom stereocenters. The van der Waals surface area contributed by atoms with Crippen molar-refractivity contribution < 1.29 is 37.4 Å². The van der Waals surface area contributed by atoms with Crippen LogP contribution in [0.3, 0.4) is 0 Å². The average Bonchev–Trinajstić information content (AvgIpc) is 3.35. The molecule has 12 heteroatoms. The molecule has 3 heterocycles. The normalized spacial score (nSPS) is 22.8. The number of amides is 3. The van der Waals surface area contributed by atoms with Crippen LogP contribution >= 0.6 is 0 Å². The zero-order valence-corrected chi connectivity index (χ0v) is 23.0. The summed E-state index contributed by atoms with van der Waals surface area (Å²) in [5, 5.41) is 10.1. The molecule has 3 aliphatic rings. The summed E-state index contributed by atoms with van der Waals surface area (Å²) in [7, 11) is 1.63. The highest BCUT2D eigenvalue weighted by Gasteiger charge is 2.64. The van der Waals surface area contributed by atoms with Crippen LogP contribution in [0.2, 0.25) is 0 Å². The monoisotopic (exact) mass is 556 g/mol. The number of carbonyl (C=O) groups excluding carboxylic acids is 2. The number of halogens is 3. The minimum absolute atomic E-state index is 0.0280. The van der Waals surface area contributed by atoms with Gasteiger partial charge in [0.2, 0.25) is 5.91 Å². The highest BCUT2D eigenvalue weighted by Crippen LogP contribution is 2.57. The van der Waals surface area contributed by atoms with Gasteiger partial charge in [-0.25, -0.2) is 9.59 Å². The van der Waals surface area contributed by atoms with E-state index < -0.39 is 12.1 Å². The number of nitrogens with one attached hydrogen (secondary N) is 1. The van der Waals surface area contributed by atoms with Crippen molar-refractivity contribution in [2.75, 3.05) is 58.2 Å². The number of rotatable bonds is 5. The number of aliphatic carboxylic acids is 1. The molecule has 0 radical (unpaired) electrons. The van der Waals surface area contributed by atoms with Gasteiger partial charge in [-0.15, -0.1) is 0 Å². The number of alkyl halides is 3. The zero-order valence-electron chi connectivity index (χ0n) is 23.0. The first-order valence-corrected chi connectivity index (χ1v) is 13.3. The first-order valence-electron chi connectivity index (χ1n) is 13.3. The predicted octanol–water partition coefficient (Wildman–Crippen LogP) is 4.15. The van der Waals surface area contributed by atoms with Crippen LogP contribution < -0.4 is 10.1 Å². The summed E-state index contributed by atoms with van der Waals surface area (Å²) in [6, 6.07) is 7.34. The number of carboxylic acids is 1. The molecule has 0 saturated carbocycles. The Morgan fingerprint density at radius 2 is 1.67 bits per heavy atom. The summed E-state index contributed by atoms with van der Waals surface area (Å²) in [6.45, 7) is 12.5. The highest BCUT2D eigenvalue weighted by molar-refractivity contribution is 5.90. The fourth-order valence-electron chi connectivity index (χ4n) is 6.26. The van der Waals surface area contributed by atoms with Crippen LogP contribution in [-0.4, -0.2) is 96.8 Å². The number of hydrogen-bond acceptors (Lipinski definition) is 5. The van der Waals surface area contributed by atoms with E-state index in [1.54, 1.807) is 7.11 Å². The number of carboxylic acid groups (broad SMARTS) is 1. The quantitative estimate of drug-likeness (QED) is 0.565. The Balaban J connectivity index is 0.000000532. The van der Waals surface area contributed by atoms with Crippen molar-refractivity contribution in [1.29, 1.82) is 0 Å². The van der Waals surface area contributed by atoms with Crippen molar-refractivity contribution in [3.8, 4) is 5.75 Å². The Hall–Kier alpha value is -3.02. The Morgan fingerprint density at radius 1 is 1.08 bits per heavy atom. The molecule has 218 valence electrons. The second-order valence-corrected chi connectivity index (χ2v) is 11.0. The second-order valence-electron chi connectivity index (χ2n) is 11.0. The number of urea groups is 1. The molecule has 4 rings (SSSR count). The van der Waals surface area contributed by atoms with Gasteiger partial charge >= 0.3 is 18.2 Å². The Bertz CT molecular complexity index is 1030. The molecule has 1 aromatic rings. The van der Waals surface area contributed by atoms with Gasteiger partial charge < -0.3 is 29.9 Å². The van der Waals surface area contributed by atoms with Crippen molar-refractivity contribution >= 4 is 23.6 Å². The van der Waals surface area contributed by atoms with E-state index in [2.05, 4.69) is 31.0 Å². The van der Waals surface area contributed by atoms with Gasteiger partial charge in [0.25, 0.3) is 0 Å². The summed E-state index contributed by atoms with van der Waals surface area (Å²) in [6.07, 6.45) is -2.35. The SMILES string of the molecule is CCN1CCC2(CN(CC(C)C)CC23CCN(C(=O)Nc2ccc(OC)cc2)CC3)C1=O.O=C(O)C(F)(F)F. The third-order valence-electron chi connectivity index (χ3n) is 8.14. The molecule has 3 saturated heterocycles. The lowest BCUT2D eigenvalue weighted by Gasteiger charge is -2.47.